The van der Waals surface area contributed by atoms with Gasteiger partial charge in [-0.05, 0) is 17.5 Å². The molecule has 0 spiro atoms. The summed E-state index contributed by atoms with van der Waals surface area (Å²) >= 11 is 3.24. The summed E-state index contributed by atoms with van der Waals surface area (Å²) in [5, 5.41) is 2.05. The fourth-order valence-electron chi connectivity index (χ4n) is 1.70. The maximum atomic E-state index is 12.1. The molecule has 3 heterocycles. The summed E-state index contributed by atoms with van der Waals surface area (Å²) in [4.78, 5) is 17.1. The molecule has 0 aliphatic rings. The van der Waals surface area contributed by atoms with E-state index in [1.165, 1.54) is 9.40 Å². The minimum atomic E-state index is 0.146. The molecule has 0 fully saturated rings. The van der Waals surface area contributed by atoms with Crippen LogP contribution in [0, 0.1) is 0 Å². The summed E-state index contributed by atoms with van der Waals surface area (Å²) in [5.41, 5.74) is 0. The average Bonchev–Trinajstić information content (AvgIpc) is 2.93. The van der Waals surface area contributed by atoms with Crippen molar-refractivity contribution >= 4 is 37.9 Å². The molecule has 0 aliphatic carbocycles. The lowest BCUT2D eigenvalue weighted by molar-refractivity contribution is 0.0994. The Bertz CT molecular complexity index is 649. The summed E-state index contributed by atoms with van der Waals surface area (Å²) in [6.07, 6.45) is 3.95. The number of aromatic nitrogens is 2. The van der Waals surface area contributed by atoms with Crippen molar-refractivity contribution < 1.29 is 4.79 Å². The van der Waals surface area contributed by atoms with Gasteiger partial charge < -0.3 is 4.57 Å². The molecule has 0 N–H and O–H groups in total. The number of nitrogens with zero attached hydrogens (tertiary/aromatic N) is 2. The normalized spacial score (nSPS) is 11.1. The van der Waals surface area contributed by atoms with E-state index in [-0.39, 0.29) is 5.78 Å². The standard InChI is InChI=1S/C12H10N2OS2/c1-14-4-3-13-12(14)6-8(15)10-7-11-9(17-10)2-5-16-11/h2-5,7H,6H2,1H3. The van der Waals surface area contributed by atoms with Gasteiger partial charge in [0.1, 0.15) is 5.82 Å². The van der Waals surface area contributed by atoms with Gasteiger partial charge in [-0.3, -0.25) is 4.79 Å². The third-order valence-corrected chi connectivity index (χ3v) is 4.79. The zero-order valence-electron chi connectivity index (χ0n) is 9.21. The fraction of sp³-hybridized carbons (Fsp3) is 0.167. The van der Waals surface area contributed by atoms with Crippen LogP contribution in [0.15, 0.2) is 29.9 Å². The van der Waals surface area contributed by atoms with Gasteiger partial charge in [0.25, 0.3) is 0 Å². The van der Waals surface area contributed by atoms with Crippen molar-refractivity contribution in [3.8, 4) is 0 Å². The van der Waals surface area contributed by atoms with E-state index in [0.29, 0.717) is 6.42 Å². The molecule has 0 saturated carbocycles. The number of hydrogen-bond donors (Lipinski definition) is 0. The number of ketones is 1. The molecule has 0 radical (unpaired) electrons. The van der Waals surface area contributed by atoms with Crippen LogP contribution in [0.3, 0.4) is 0 Å². The maximum Gasteiger partial charge on any atom is 0.180 e. The molecule has 3 rings (SSSR count). The fourth-order valence-corrected chi connectivity index (χ4v) is 3.75. The molecular weight excluding hydrogens is 252 g/mol. The average molecular weight is 262 g/mol. The second-order valence-electron chi connectivity index (χ2n) is 3.81. The molecular formula is C12H10N2OS2. The quantitative estimate of drug-likeness (QED) is 0.680. The van der Waals surface area contributed by atoms with E-state index in [1.807, 2.05) is 29.3 Å². The van der Waals surface area contributed by atoms with Gasteiger partial charge in [0.2, 0.25) is 0 Å². The Hall–Kier alpha value is -1.46. The van der Waals surface area contributed by atoms with Crippen molar-refractivity contribution in [3.05, 3.63) is 40.6 Å². The van der Waals surface area contributed by atoms with Gasteiger partial charge in [0.15, 0.2) is 5.78 Å². The number of carbonyl (C=O) groups excluding carboxylic acids is 1. The van der Waals surface area contributed by atoms with Gasteiger partial charge >= 0.3 is 0 Å². The van der Waals surface area contributed by atoms with Crippen molar-refractivity contribution in [1.29, 1.82) is 0 Å². The summed E-state index contributed by atoms with van der Waals surface area (Å²) in [5.74, 6) is 0.958. The Kier molecular flexibility index (Phi) is 2.57. The van der Waals surface area contributed by atoms with E-state index < -0.39 is 0 Å². The summed E-state index contributed by atoms with van der Waals surface area (Å²) < 4.78 is 4.27. The first-order valence-corrected chi connectivity index (χ1v) is 6.90. The van der Waals surface area contributed by atoms with E-state index in [9.17, 15) is 4.79 Å². The predicted octanol–water partition coefficient (Wildman–Crippen LogP) is 3.12. The van der Waals surface area contributed by atoms with Gasteiger partial charge in [-0.15, -0.1) is 22.7 Å². The third kappa shape index (κ3) is 1.92. The number of hydrogen-bond acceptors (Lipinski definition) is 4. The SMILES string of the molecule is Cn1ccnc1CC(=O)c1cc2sccc2s1. The minimum absolute atomic E-state index is 0.146. The van der Waals surface area contributed by atoms with Crippen molar-refractivity contribution in [1.82, 2.24) is 9.55 Å². The largest absolute Gasteiger partial charge is 0.338 e. The topological polar surface area (TPSA) is 34.9 Å². The first-order chi connectivity index (χ1) is 8.24. The van der Waals surface area contributed by atoms with Crippen LogP contribution in [-0.4, -0.2) is 15.3 Å². The van der Waals surface area contributed by atoms with Crippen molar-refractivity contribution in [2.24, 2.45) is 7.05 Å². The predicted molar refractivity (Wildman–Crippen MR) is 70.9 cm³/mol. The summed E-state index contributed by atoms with van der Waals surface area (Å²) in [7, 11) is 1.91. The molecule has 0 atom stereocenters. The number of aryl methyl sites for hydroxylation is 1. The Morgan fingerprint density at radius 2 is 2.35 bits per heavy atom. The molecule has 86 valence electrons. The third-order valence-electron chi connectivity index (χ3n) is 2.65. The van der Waals surface area contributed by atoms with Gasteiger partial charge in [-0.2, -0.15) is 0 Å². The van der Waals surface area contributed by atoms with Crippen molar-refractivity contribution in [3.63, 3.8) is 0 Å². The Labute approximate surface area is 106 Å². The molecule has 3 aromatic rings. The number of carbonyl (C=O) groups is 1. The number of fused-ring (bicyclic) bond motifs is 1. The van der Waals surface area contributed by atoms with Crippen LogP contribution in [0.2, 0.25) is 0 Å². The molecule has 0 bridgehead atoms. The van der Waals surface area contributed by atoms with Crippen LogP contribution < -0.4 is 0 Å². The molecule has 0 unspecified atom stereocenters. The lowest BCUT2D eigenvalue weighted by atomic mass is 10.2. The Balaban J connectivity index is 1.87. The van der Waals surface area contributed by atoms with E-state index in [4.69, 9.17) is 0 Å². The highest BCUT2D eigenvalue weighted by Gasteiger charge is 2.13. The molecule has 3 nitrogen and oxygen atoms in total. The highest BCUT2D eigenvalue weighted by Crippen LogP contribution is 2.30. The Morgan fingerprint density at radius 1 is 1.47 bits per heavy atom. The van der Waals surface area contributed by atoms with Crippen LogP contribution in [0.1, 0.15) is 15.5 Å². The monoisotopic (exact) mass is 262 g/mol. The van der Waals surface area contributed by atoms with E-state index in [1.54, 1.807) is 28.9 Å². The Morgan fingerprint density at radius 3 is 3.06 bits per heavy atom. The minimum Gasteiger partial charge on any atom is -0.338 e. The maximum absolute atomic E-state index is 12.1. The molecule has 0 aliphatic heterocycles. The van der Waals surface area contributed by atoms with E-state index >= 15 is 0 Å². The molecule has 0 amide bonds. The van der Waals surface area contributed by atoms with Crippen molar-refractivity contribution in [2.45, 2.75) is 6.42 Å². The molecule has 0 aromatic carbocycles. The summed E-state index contributed by atoms with van der Waals surface area (Å²) in [6, 6.07) is 4.04. The highest BCUT2D eigenvalue weighted by molar-refractivity contribution is 7.27. The van der Waals surface area contributed by atoms with Gasteiger partial charge in [-0.1, -0.05) is 0 Å². The van der Waals surface area contributed by atoms with Crippen LogP contribution >= 0.6 is 22.7 Å². The van der Waals surface area contributed by atoms with Crippen LogP contribution in [-0.2, 0) is 13.5 Å². The summed E-state index contributed by atoms with van der Waals surface area (Å²) in [6.45, 7) is 0. The number of Topliss-reactive ketones (excluding diaryl/α,β-unsaturated/α-hetero) is 1. The molecule has 5 heteroatoms. The van der Waals surface area contributed by atoms with Gasteiger partial charge in [0.05, 0.1) is 11.3 Å². The van der Waals surface area contributed by atoms with Gasteiger partial charge in [0, 0.05) is 28.8 Å². The lowest BCUT2D eigenvalue weighted by Crippen LogP contribution is -2.06. The van der Waals surface area contributed by atoms with E-state index in [2.05, 4.69) is 11.1 Å². The first kappa shape index (κ1) is 10.7. The number of imidazole rings is 1. The lowest BCUT2D eigenvalue weighted by Gasteiger charge is -1.98. The zero-order chi connectivity index (χ0) is 11.8. The van der Waals surface area contributed by atoms with Crippen LogP contribution in [0.4, 0.5) is 0 Å². The molecule has 0 saturated heterocycles. The van der Waals surface area contributed by atoms with Crippen LogP contribution in [0.25, 0.3) is 9.40 Å². The van der Waals surface area contributed by atoms with E-state index in [0.717, 1.165) is 10.7 Å². The molecule has 3 aromatic heterocycles. The first-order valence-electron chi connectivity index (χ1n) is 5.20. The van der Waals surface area contributed by atoms with Crippen LogP contribution in [0.5, 0.6) is 0 Å². The van der Waals surface area contributed by atoms with Crippen molar-refractivity contribution in [2.75, 3.05) is 0 Å². The molecule has 17 heavy (non-hydrogen) atoms. The second kappa shape index (κ2) is 4.09. The highest BCUT2D eigenvalue weighted by atomic mass is 32.1. The number of rotatable bonds is 3. The van der Waals surface area contributed by atoms with Gasteiger partial charge in [-0.25, -0.2) is 4.98 Å². The second-order valence-corrected chi connectivity index (χ2v) is 5.85. The smallest absolute Gasteiger partial charge is 0.180 e. The number of thiophene rings is 2. The zero-order valence-corrected chi connectivity index (χ0v) is 10.8.